The third-order valence-electron chi connectivity index (χ3n) is 3.38. The first-order valence-corrected chi connectivity index (χ1v) is 8.96. The van der Waals surface area contributed by atoms with Gasteiger partial charge in [0, 0.05) is 16.8 Å². The molecule has 0 aliphatic carbocycles. The van der Waals surface area contributed by atoms with Crippen LogP contribution in [0.4, 0.5) is 5.82 Å². The zero-order valence-corrected chi connectivity index (χ0v) is 15.1. The average molecular weight is 391 g/mol. The first-order chi connectivity index (χ1) is 12.5. The van der Waals surface area contributed by atoms with Gasteiger partial charge in [-0.1, -0.05) is 23.4 Å². The van der Waals surface area contributed by atoms with Crippen LogP contribution in [0, 0.1) is 0 Å². The minimum absolute atomic E-state index is 0.0736. The molecule has 0 saturated heterocycles. The lowest BCUT2D eigenvalue weighted by atomic mass is 10.3. The predicted molar refractivity (Wildman–Crippen MR) is 101 cm³/mol. The molecule has 0 fully saturated rings. The van der Waals surface area contributed by atoms with E-state index in [1.54, 1.807) is 41.0 Å². The van der Waals surface area contributed by atoms with Crippen LogP contribution in [-0.4, -0.2) is 21.2 Å². The molecule has 0 radical (unpaired) electrons. The summed E-state index contributed by atoms with van der Waals surface area (Å²) in [5.41, 5.74) is 6.21. The van der Waals surface area contributed by atoms with E-state index >= 15 is 0 Å². The predicted octanol–water partition coefficient (Wildman–Crippen LogP) is 2.47. The highest BCUT2D eigenvalue weighted by Crippen LogP contribution is 2.23. The fourth-order valence-corrected chi connectivity index (χ4v) is 3.19. The molecule has 3 aromatic rings. The van der Waals surface area contributed by atoms with Gasteiger partial charge in [0.25, 0.3) is 5.56 Å². The Hall–Kier alpha value is -2.71. The molecule has 26 heavy (non-hydrogen) atoms. The number of halogens is 1. The molecule has 0 aliphatic heterocycles. The number of nitrogen functional groups attached to an aromatic ring is 1. The Morgan fingerprint density at radius 3 is 2.77 bits per heavy atom. The fourth-order valence-electron chi connectivity index (χ4n) is 2.20. The average Bonchev–Trinajstić information content (AvgIpc) is 3.12. The van der Waals surface area contributed by atoms with Crippen molar-refractivity contribution in [2.24, 2.45) is 0 Å². The van der Waals surface area contributed by atoms with E-state index in [-0.39, 0.29) is 17.5 Å². The van der Waals surface area contributed by atoms with Crippen molar-refractivity contribution in [2.45, 2.75) is 11.7 Å². The number of amides is 1. The van der Waals surface area contributed by atoms with Crippen LogP contribution in [0.15, 0.2) is 63.1 Å². The highest BCUT2D eigenvalue weighted by molar-refractivity contribution is 7.99. The van der Waals surface area contributed by atoms with Crippen LogP contribution in [0.1, 0.15) is 5.76 Å². The summed E-state index contributed by atoms with van der Waals surface area (Å²) in [7, 11) is 0. The topological polar surface area (TPSA) is 103 Å². The van der Waals surface area contributed by atoms with Crippen molar-refractivity contribution in [3.8, 4) is 5.69 Å². The summed E-state index contributed by atoms with van der Waals surface area (Å²) in [5, 5.41) is 3.64. The second-order valence-electron chi connectivity index (χ2n) is 5.26. The molecule has 9 heteroatoms. The van der Waals surface area contributed by atoms with Crippen LogP contribution in [0.2, 0.25) is 5.02 Å². The molecule has 134 valence electrons. The SMILES string of the molecule is Nc1cc(=O)nc(SCC(=O)NCc2ccco2)n1-c1ccc(Cl)cc1. The molecule has 0 aliphatic rings. The van der Waals surface area contributed by atoms with Gasteiger partial charge in [-0.05, 0) is 36.4 Å². The summed E-state index contributed by atoms with van der Waals surface area (Å²) >= 11 is 7.03. The number of aromatic nitrogens is 2. The number of hydrogen-bond donors (Lipinski definition) is 2. The minimum atomic E-state index is -0.466. The number of anilines is 1. The van der Waals surface area contributed by atoms with Gasteiger partial charge >= 0.3 is 0 Å². The summed E-state index contributed by atoms with van der Waals surface area (Å²) in [6, 6.07) is 11.7. The van der Waals surface area contributed by atoms with E-state index in [4.69, 9.17) is 21.8 Å². The third-order valence-corrected chi connectivity index (χ3v) is 4.57. The number of benzene rings is 1. The molecule has 2 aromatic heterocycles. The Morgan fingerprint density at radius 1 is 1.31 bits per heavy atom. The van der Waals surface area contributed by atoms with E-state index in [0.29, 0.717) is 28.2 Å². The molecule has 3 N–H and O–H groups in total. The number of thioether (sulfide) groups is 1. The van der Waals surface area contributed by atoms with Gasteiger partial charge < -0.3 is 15.5 Å². The molecule has 7 nitrogen and oxygen atoms in total. The van der Waals surface area contributed by atoms with Crippen molar-refractivity contribution in [2.75, 3.05) is 11.5 Å². The van der Waals surface area contributed by atoms with Gasteiger partial charge in [-0.15, -0.1) is 0 Å². The van der Waals surface area contributed by atoms with E-state index < -0.39 is 5.56 Å². The maximum absolute atomic E-state index is 12.0. The highest BCUT2D eigenvalue weighted by Gasteiger charge is 2.13. The maximum atomic E-state index is 12.0. The van der Waals surface area contributed by atoms with Gasteiger partial charge in [0.05, 0.1) is 18.6 Å². The number of nitrogens with one attached hydrogen (secondary N) is 1. The summed E-state index contributed by atoms with van der Waals surface area (Å²) in [6.45, 7) is 0.292. The molecule has 0 bridgehead atoms. The zero-order valence-electron chi connectivity index (χ0n) is 13.5. The summed E-state index contributed by atoms with van der Waals surface area (Å²) in [6.07, 6.45) is 1.54. The number of rotatable bonds is 6. The summed E-state index contributed by atoms with van der Waals surface area (Å²) < 4.78 is 6.76. The van der Waals surface area contributed by atoms with Crippen molar-refractivity contribution in [3.63, 3.8) is 0 Å². The van der Waals surface area contributed by atoms with Gasteiger partial charge in [0.2, 0.25) is 5.91 Å². The number of furan rings is 1. The number of carbonyl (C=O) groups is 1. The van der Waals surface area contributed by atoms with Crippen molar-refractivity contribution < 1.29 is 9.21 Å². The molecular formula is C17H15ClN4O3S. The summed E-state index contributed by atoms with van der Waals surface area (Å²) in [5.74, 6) is 0.740. The molecule has 0 spiro atoms. The Morgan fingerprint density at radius 2 is 2.08 bits per heavy atom. The summed E-state index contributed by atoms with van der Waals surface area (Å²) in [4.78, 5) is 27.7. The molecular weight excluding hydrogens is 376 g/mol. The van der Waals surface area contributed by atoms with Crippen molar-refractivity contribution in [3.05, 3.63) is 69.9 Å². The smallest absolute Gasteiger partial charge is 0.275 e. The largest absolute Gasteiger partial charge is 0.467 e. The second kappa shape index (κ2) is 8.11. The van der Waals surface area contributed by atoms with Crippen molar-refractivity contribution in [1.82, 2.24) is 14.9 Å². The van der Waals surface area contributed by atoms with Crippen LogP contribution >= 0.6 is 23.4 Å². The van der Waals surface area contributed by atoms with Gasteiger partial charge in [0.1, 0.15) is 11.6 Å². The first-order valence-electron chi connectivity index (χ1n) is 7.60. The number of carbonyl (C=O) groups excluding carboxylic acids is 1. The van der Waals surface area contributed by atoms with Crippen molar-refractivity contribution >= 4 is 35.1 Å². The van der Waals surface area contributed by atoms with E-state index in [1.165, 1.54) is 12.3 Å². The van der Waals surface area contributed by atoms with Gasteiger partial charge in [-0.2, -0.15) is 4.98 Å². The number of hydrogen-bond acceptors (Lipinski definition) is 6. The maximum Gasteiger partial charge on any atom is 0.275 e. The lowest BCUT2D eigenvalue weighted by Crippen LogP contribution is -2.25. The standard InChI is InChI=1S/C17H15ClN4O3S/c18-11-3-5-12(6-4-11)22-14(19)8-15(23)21-17(22)26-10-16(24)20-9-13-2-1-7-25-13/h1-8H,9-10,19H2,(H,20,24). The van der Waals surface area contributed by atoms with Crippen molar-refractivity contribution in [1.29, 1.82) is 0 Å². The molecule has 0 saturated carbocycles. The zero-order chi connectivity index (χ0) is 18.5. The van der Waals surface area contributed by atoms with Gasteiger partial charge in [0.15, 0.2) is 5.16 Å². The van der Waals surface area contributed by atoms with E-state index in [0.717, 1.165) is 11.8 Å². The molecule has 2 heterocycles. The van der Waals surface area contributed by atoms with Crippen LogP contribution < -0.4 is 16.6 Å². The van der Waals surface area contributed by atoms with Gasteiger partial charge in [-0.3, -0.25) is 14.2 Å². The first kappa shape index (κ1) is 18.1. The van der Waals surface area contributed by atoms with Crippen LogP contribution in [0.3, 0.4) is 0 Å². The normalized spacial score (nSPS) is 10.7. The Bertz CT molecular complexity index is 955. The highest BCUT2D eigenvalue weighted by atomic mass is 35.5. The molecule has 1 amide bonds. The third kappa shape index (κ3) is 4.47. The van der Waals surface area contributed by atoms with Crippen LogP contribution in [0.5, 0.6) is 0 Å². The molecule has 3 rings (SSSR count). The van der Waals surface area contributed by atoms with E-state index in [1.807, 2.05) is 0 Å². The molecule has 0 unspecified atom stereocenters. The second-order valence-corrected chi connectivity index (χ2v) is 6.64. The quantitative estimate of drug-likeness (QED) is 0.495. The van der Waals surface area contributed by atoms with E-state index in [2.05, 4.69) is 10.3 Å². The Labute approximate surface area is 158 Å². The van der Waals surface area contributed by atoms with E-state index in [9.17, 15) is 9.59 Å². The molecule has 1 aromatic carbocycles. The number of nitrogens with zero attached hydrogens (tertiary/aromatic N) is 2. The monoisotopic (exact) mass is 390 g/mol. The molecule has 0 atom stereocenters. The lowest BCUT2D eigenvalue weighted by Gasteiger charge is -2.14. The van der Waals surface area contributed by atoms with Gasteiger partial charge in [-0.25, -0.2) is 0 Å². The fraction of sp³-hybridized carbons (Fsp3) is 0.118. The lowest BCUT2D eigenvalue weighted by molar-refractivity contribution is -0.118. The Kier molecular flexibility index (Phi) is 5.65. The Balaban J connectivity index is 1.75. The minimum Gasteiger partial charge on any atom is -0.467 e. The van der Waals surface area contributed by atoms with Crippen LogP contribution in [-0.2, 0) is 11.3 Å². The van der Waals surface area contributed by atoms with Crippen LogP contribution in [0.25, 0.3) is 5.69 Å². The number of nitrogens with two attached hydrogens (primary N) is 1.